The molecule has 1 heterocycles. The number of sulfonamides is 1. The highest BCUT2D eigenvalue weighted by molar-refractivity contribution is 7.88. The average Bonchev–Trinajstić information content (AvgIpc) is 3.53. The second kappa shape index (κ2) is 8.90. The fourth-order valence-electron chi connectivity index (χ4n) is 4.85. The fourth-order valence-corrected chi connectivity index (χ4v) is 5.75. The van der Waals surface area contributed by atoms with Gasteiger partial charge in [-0.3, -0.25) is 4.79 Å². The Kier molecular flexibility index (Phi) is 6.36. The van der Waals surface area contributed by atoms with Gasteiger partial charge >= 0.3 is 0 Å². The Morgan fingerprint density at radius 1 is 1.09 bits per heavy atom. The second-order valence-electron chi connectivity index (χ2n) is 9.03. The number of nitrogens with zero attached hydrogens (tertiary/aromatic N) is 1. The van der Waals surface area contributed by atoms with E-state index in [2.05, 4.69) is 4.72 Å². The van der Waals surface area contributed by atoms with Gasteiger partial charge in [0.2, 0.25) is 15.9 Å². The highest BCUT2D eigenvalue weighted by Crippen LogP contribution is 2.51. The van der Waals surface area contributed by atoms with Crippen LogP contribution in [0.15, 0.2) is 42.5 Å². The van der Waals surface area contributed by atoms with Crippen LogP contribution in [0.3, 0.4) is 0 Å². The minimum atomic E-state index is -3.31. The molecule has 2 aromatic rings. The van der Waals surface area contributed by atoms with E-state index >= 15 is 0 Å². The average molecular weight is 463 g/mol. The molecule has 0 spiro atoms. The Balaban J connectivity index is 1.51. The summed E-state index contributed by atoms with van der Waals surface area (Å²) >= 11 is 0. The highest BCUT2D eigenvalue weighted by atomic mass is 32.2. The Hall–Kier alpha value is -2.32. The number of carbonyl (C=O) groups is 1. The summed E-state index contributed by atoms with van der Waals surface area (Å²) in [4.78, 5) is 15.1. The molecule has 1 saturated heterocycles. The molecule has 0 unspecified atom stereocenters. The van der Waals surface area contributed by atoms with E-state index in [-0.39, 0.29) is 35.3 Å². The van der Waals surface area contributed by atoms with Crippen molar-refractivity contribution in [2.24, 2.45) is 11.8 Å². The van der Waals surface area contributed by atoms with Crippen molar-refractivity contribution in [1.82, 2.24) is 9.62 Å². The maximum Gasteiger partial charge on any atom is 0.226 e. The van der Waals surface area contributed by atoms with Gasteiger partial charge < -0.3 is 4.90 Å². The number of halogens is 2. The Morgan fingerprint density at radius 2 is 1.78 bits per heavy atom. The number of benzene rings is 2. The quantitative estimate of drug-likeness (QED) is 0.733. The molecule has 5 nitrogen and oxygen atoms in total. The third-order valence-electron chi connectivity index (χ3n) is 6.52. The van der Waals surface area contributed by atoms with E-state index in [4.69, 9.17) is 0 Å². The number of carbonyl (C=O) groups excluding carboxylic acids is 1. The van der Waals surface area contributed by atoms with Gasteiger partial charge in [-0.15, -0.1) is 0 Å². The van der Waals surface area contributed by atoms with Crippen LogP contribution in [0.4, 0.5) is 8.78 Å². The number of hydrogen-bond donors (Lipinski definition) is 1. The molecule has 1 aliphatic carbocycles. The first kappa shape index (κ1) is 22.9. The van der Waals surface area contributed by atoms with Gasteiger partial charge in [-0.2, -0.15) is 0 Å². The zero-order chi connectivity index (χ0) is 23.0. The van der Waals surface area contributed by atoms with Gasteiger partial charge in [-0.1, -0.05) is 37.3 Å². The summed E-state index contributed by atoms with van der Waals surface area (Å²) in [5.74, 6) is -1.52. The van der Waals surface area contributed by atoms with Crippen LogP contribution in [0.1, 0.15) is 37.7 Å². The number of likely N-dealkylation sites (tertiary alicyclic amines) is 1. The lowest BCUT2D eigenvalue weighted by Gasteiger charge is -2.26. The molecule has 4 atom stereocenters. The summed E-state index contributed by atoms with van der Waals surface area (Å²) in [5.41, 5.74) is 1.22. The molecule has 2 fully saturated rings. The molecule has 8 heteroatoms. The van der Waals surface area contributed by atoms with Crippen LogP contribution >= 0.6 is 0 Å². The van der Waals surface area contributed by atoms with Crippen molar-refractivity contribution in [3.63, 3.8) is 0 Å². The monoisotopic (exact) mass is 462 g/mol. The Morgan fingerprint density at radius 3 is 2.47 bits per heavy atom. The summed E-state index contributed by atoms with van der Waals surface area (Å²) < 4.78 is 54.8. The van der Waals surface area contributed by atoms with Crippen LogP contribution in [0.5, 0.6) is 0 Å². The molecule has 2 aliphatic rings. The Bertz CT molecular complexity index is 1100. The minimum absolute atomic E-state index is 0.00632. The van der Waals surface area contributed by atoms with Crippen LogP contribution in [0, 0.1) is 23.5 Å². The van der Waals surface area contributed by atoms with Crippen molar-refractivity contribution >= 4 is 15.9 Å². The van der Waals surface area contributed by atoms with Crippen LogP contribution in [0.25, 0.3) is 11.1 Å². The lowest BCUT2D eigenvalue weighted by molar-refractivity contribution is -0.133. The van der Waals surface area contributed by atoms with E-state index in [1.807, 2.05) is 24.0 Å². The molecule has 1 aliphatic heterocycles. The number of nitrogens with one attached hydrogen (secondary N) is 1. The van der Waals surface area contributed by atoms with Gasteiger partial charge in [0.05, 0.1) is 11.8 Å². The van der Waals surface area contributed by atoms with E-state index in [1.165, 1.54) is 18.2 Å². The summed E-state index contributed by atoms with van der Waals surface area (Å²) in [6.45, 7) is 3.02. The number of hydrogen-bond acceptors (Lipinski definition) is 3. The van der Waals surface area contributed by atoms with Crippen molar-refractivity contribution in [1.29, 1.82) is 0 Å². The fraction of sp³-hybridized carbons (Fsp3) is 0.458. The summed E-state index contributed by atoms with van der Waals surface area (Å²) in [6, 6.07) is 10.7. The standard InChI is InChI=1S/C24H28F2N2O3S/c1-15-14-28(12-6-11-22(15)27-32(2,30)31)24(29)19-13-18(19)16-7-3-4-8-17(16)23-20(25)9-5-10-21(23)26/h3-5,7-10,15,18-19,22,27H,6,11-14H2,1-2H3/t15-,18+,19-,22+/m1/s1. The highest BCUT2D eigenvalue weighted by Gasteiger charge is 2.47. The van der Waals surface area contributed by atoms with E-state index in [9.17, 15) is 22.0 Å². The predicted molar refractivity (Wildman–Crippen MR) is 119 cm³/mol. The second-order valence-corrected chi connectivity index (χ2v) is 10.8. The molecule has 172 valence electrons. The molecular formula is C24H28F2N2O3S. The topological polar surface area (TPSA) is 66.5 Å². The third kappa shape index (κ3) is 4.86. The van der Waals surface area contributed by atoms with E-state index in [1.54, 1.807) is 12.1 Å². The first-order valence-corrected chi connectivity index (χ1v) is 12.8. The van der Waals surface area contributed by atoms with Crippen LogP contribution in [-0.4, -0.2) is 44.6 Å². The maximum atomic E-state index is 14.4. The minimum Gasteiger partial charge on any atom is -0.342 e. The molecule has 0 bridgehead atoms. The number of rotatable bonds is 5. The first-order chi connectivity index (χ1) is 15.2. The Labute approximate surface area is 187 Å². The summed E-state index contributed by atoms with van der Waals surface area (Å²) in [7, 11) is -3.31. The van der Waals surface area contributed by atoms with Crippen molar-refractivity contribution in [2.45, 2.75) is 38.1 Å². The lowest BCUT2D eigenvalue weighted by atomic mass is 9.95. The van der Waals surface area contributed by atoms with Gasteiger partial charge in [-0.25, -0.2) is 21.9 Å². The van der Waals surface area contributed by atoms with Crippen LogP contribution < -0.4 is 4.72 Å². The normalized spacial score (nSPS) is 25.9. The summed E-state index contributed by atoms with van der Waals surface area (Å²) in [6.07, 6.45) is 3.19. The first-order valence-electron chi connectivity index (χ1n) is 10.9. The van der Waals surface area contributed by atoms with E-state index in [0.717, 1.165) is 18.2 Å². The van der Waals surface area contributed by atoms with Crippen molar-refractivity contribution in [3.8, 4) is 11.1 Å². The predicted octanol–water partition coefficient (Wildman–Crippen LogP) is 3.91. The zero-order valence-electron chi connectivity index (χ0n) is 18.2. The molecular weight excluding hydrogens is 434 g/mol. The van der Waals surface area contributed by atoms with Gasteiger partial charge in [0, 0.05) is 25.0 Å². The molecule has 2 aromatic carbocycles. The van der Waals surface area contributed by atoms with E-state index in [0.29, 0.717) is 31.5 Å². The summed E-state index contributed by atoms with van der Waals surface area (Å²) in [5, 5.41) is 0. The molecule has 0 radical (unpaired) electrons. The van der Waals surface area contributed by atoms with Gasteiger partial charge in [0.15, 0.2) is 0 Å². The smallest absolute Gasteiger partial charge is 0.226 e. The van der Waals surface area contributed by atoms with E-state index < -0.39 is 21.7 Å². The molecule has 1 saturated carbocycles. The lowest BCUT2D eigenvalue weighted by Crippen LogP contribution is -2.42. The SMILES string of the molecule is C[C@@H]1CN(C(=O)[C@@H]2C[C@H]2c2ccccc2-c2c(F)cccc2F)CCC[C@@H]1NS(C)(=O)=O. The third-order valence-corrected chi connectivity index (χ3v) is 7.25. The molecule has 32 heavy (non-hydrogen) atoms. The molecule has 1 amide bonds. The number of amides is 1. The van der Waals surface area contributed by atoms with Gasteiger partial charge in [0.1, 0.15) is 11.6 Å². The maximum absolute atomic E-state index is 14.4. The molecule has 0 aromatic heterocycles. The van der Waals surface area contributed by atoms with Crippen molar-refractivity contribution in [3.05, 3.63) is 59.7 Å². The molecule has 1 N–H and O–H groups in total. The van der Waals surface area contributed by atoms with Crippen LogP contribution in [-0.2, 0) is 14.8 Å². The molecule has 4 rings (SSSR count). The zero-order valence-corrected chi connectivity index (χ0v) is 19.0. The van der Waals surface area contributed by atoms with Crippen molar-refractivity contribution < 1.29 is 22.0 Å². The van der Waals surface area contributed by atoms with Gasteiger partial charge in [0.25, 0.3) is 0 Å². The van der Waals surface area contributed by atoms with Gasteiger partial charge in [-0.05, 0) is 54.4 Å². The largest absolute Gasteiger partial charge is 0.342 e. The van der Waals surface area contributed by atoms with Crippen molar-refractivity contribution in [2.75, 3.05) is 19.3 Å². The van der Waals surface area contributed by atoms with Crippen LogP contribution in [0.2, 0.25) is 0 Å².